The van der Waals surface area contributed by atoms with Crippen LogP contribution in [0.15, 0.2) is 71.9 Å². The molecule has 32 heavy (non-hydrogen) atoms. The van der Waals surface area contributed by atoms with Crippen molar-refractivity contribution in [3.63, 3.8) is 0 Å². The summed E-state index contributed by atoms with van der Waals surface area (Å²) in [4.78, 5) is 18.9. The largest absolute Gasteiger partial charge is 0.497 e. The van der Waals surface area contributed by atoms with Crippen molar-refractivity contribution in [2.24, 2.45) is 0 Å². The summed E-state index contributed by atoms with van der Waals surface area (Å²) in [6, 6.07) is 14.6. The van der Waals surface area contributed by atoms with Gasteiger partial charge in [0.1, 0.15) is 5.75 Å². The highest BCUT2D eigenvalue weighted by molar-refractivity contribution is 7.92. The van der Waals surface area contributed by atoms with Crippen LogP contribution < -0.4 is 19.7 Å². The number of hydrogen-bond donors (Lipinski definition) is 2. The molecule has 2 heterocycles. The monoisotopic (exact) mass is 452 g/mol. The van der Waals surface area contributed by atoms with E-state index < -0.39 is 10.0 Å². The number of nitrogens with one attached hydrogen (secondary N) is 2. The molecule has 3 aromatic rings. The molecule has 4 rings (SSSR count). The van der Waals surface area contributed by atoms with Gasteiger partial charge in [-0.2, -0.15) is 0 Å². The van der Waals surface area contributed by atoms with E-state index in [2.05, 4.69) is 19.9 Å². The molecular formula is C23H24N4O4S. The number of amides is 1. The zero-order chi connectivity index (χ0) is 22.6. The predicted octanol–water partition coefficient (Wildman–Crippen LogP) is 3.74. The number of ether oxygens (including phenoxy) is 1. The number of carbonyl (C=O) groups excluding carboxylic acids is 1. The normalized spacial score (nSPS) is 13.6. The molecule has 1 aliphatic rings. The Morgan fingerprint density at radius 1 is 1.00 bits per heavy atom. The first-order chi connectivity index (χ1) is 15.5. The number of hydrogen-bond acceptors (Lipinski definition) is 6. The maximum Gasteiger partial charge on any atom is 0.261 e. The summed E-state index contributed by atoms with van der Waals surface area (Å²) in [5.41, 5.74) is 2.11. The summed E-state index contributed by atoms with van der Waals surface area (Å²) in [6.07, 6.45) is 5.18. The summed E-state index contributed by atoms with van der Waals surface area (Å²) >= 11 is 0. The summed E-state index contributed by atoms with van der Waals surface area (Å²) in [6.45, 7) is 1.71. The lowest BCUT2D eigenvalue weighted by atomic mass is 10.2. The lowest BCUT2D eigenvalue weighted by Gasteiger charge is -2.22. The van der Waals surface area contributed by atoms with Crippen molar-refractivity contribution in [3.05, 3.63) is 72.6 Å². The van der Waals surface area contributed by atoms with Gasteiger partial charge in [0, 0.05) is 36.7 Å². The fraction of sp³-hybridized carbons (Fsp3) is 0.217. The average Bonchev–Trinajstić information content (AvgIpc) is 3.34. The first-order valence-electron chi connectivity index (χ1n) is 10.2. The number of carbonyl (C=O) groups is 1. The smallest absolute Gasteiger partial charge is 0.261 e. The first kappa shape index (κ1) is 21.6. The molecular weight excluding hydrogens is 428 g/mol. The number of anilines is 3. The molecule has 0 unspecified atom stereocenters. The van der Waals surface area contributed by atoms with E-state index in [-0.39, 0.29) is 10.8 Å². The van der Waals surface area contributed by atoms with Crippen LogP contribution in [0.2, 0.25) is 0 Å². The Morgan fingerprint density at radius 2 is 1.69 bits per heavy atom. The van der Waals surface area contributed by atoms with Crippen molar-refractivity contribution in [2.45, 2.75) is 17.7 Å². The van der Waals surface area contributed by atoms with E-state index >= 15 is 0 Å². The Kier molecular flexibility index (Phi) is 6.27. The van der Waals surface area contributed by atoms with E-state index in [1.807, 2.05) is 0 Å². The molecule has 9 heteroatoms. The van der Waals surface area contributed by atoms with Crippen LogP contribution in [0, 0.1) is 0 Å². The maximum atomic E-state index is 13.0. The molecule has 1 saturated heterocycles. The second-order valence-electron chi connectivity index (χ2n) is 7.40. The minimum atomic E-state index is -3.87. The minimum absolute atomic E-state index is 0.0568. The quantitative estimate of drug-likeness (QED) is 0.566. The van der Waals surface area contributed by atoms with E-state index in [1.165, 1.54) is 18.5 Å². The molecule has 2 aromatic carbocycles. The third kappa shape index (κ3) is 4.83. The van der Waals surface area contributed by atoms with Gasteiger partial charge in [0.15, 0.2) is 0 Å². The molecule has 0 spiro atoms. The number of methoxy groups -OCH3 is 1. The number of pyridine rings is 1. The van der Waals surface area contributed by atoms with E-state index in [0.29, 0.717) is 22.7 Å². The van der Waals surface area contributed by atoms with E-state index in [9.17, 15) is 13.2 Å². The third-order valence-electron chi connectivity index (χ3n) is 5.26. The van der Waals surface area contributed by atoms with Gasteiger partial charge in [-0.3, -0.25) is 14.5 Å². The standard InChI is InChI=1S/C23H24N4O4S/c1-31-19-6-4-18(5-7-19)26-32(29,30)20-8-9-22(27-14-2-3-15-27)21(16-20)25-23(28)17-10-12-24-13-11-17/h4-13,16,26H,2-3,14-15H2,1H3,(H,25,28). The van der Waals surface area contributed by atoms with Crippen molar-refractivity contribution in [1.29, 1.82) is 0 Å². The topological polar surface area (TPSA) is 101 Å². The lowest BCUT2D eigenvalue weighted by molar-refractivity contribution is 0.102. The Morgan fingerprint density at radius 3 is 2.34 bits per heavy atom. The van der Waals surface area contributed by atoms with E-state index in [1.54, 1.807) is 55.6 Å². The van der Waals surface area contributed by atoms with Gasteiger partial charge in [0.2, 0.25) is 0 Å². The van der Waals surface area contributed by atoms with Gasteiger partial charge >= 0.3 is 0 Å². The van der Waals surface area contributed by atoms with Crippen LogP contribution in [-0.4, -0.2) is 39.5 Å². The second kappa shape index (κ2) is 9.27. The van der Waals surface area contributed by atoms with Crippen LogP contribution in [0.3, 0.4) is 0 Å². The van der Waals surface area contributed by atoms with Crippen LogP contribution in [0.4, 0.5) is 17.1 Å². The lowest BCUT2D eigenvalue weighted by Crippen LogP contribution is -2.22. The van der Waals surface area contributed by atoms with Gasteiger partial charge in [-0.15, -0.1) is 0 Å². The molecule has 1 amide bonds. The molecule has 0 aliphatic carbocycles. The zero-order valence-corrected chi connectivity index (χ0v) is 18.4. The van der Waals surface area contributed by atoms with Crippen LogP contribution in [0.5, 0.6) is 5.75 Å². The summed E-state index contributed by atoms with van der Waals surface area (Å²) in [5.74, 6) is 0.300. The zero-order valence-electron chi connectivity index (χ0n) is 17.6. The number of benzene rings is 2. The van der Waals surface area contributed by atoms with Crippen LogP contribution in [0.1, 0.15) is 23.2 Å². The predicted molar refractivity (Wildman–Crippen MR) is 124 cm³/mol. The Bertz CT molecular complexity index is 1190. The first-order valence-corrected chi connectivity index (χ1v) is 11.7. The van der Waals surface area contributed by atoms with Gasteiger partial charge < -0.3 is 15.0 Å². The van der Waals surface area contributed by atoms with Crippen molar-refractivity contribution in [1.82, 2.24) is 4.98 Å². The molecule has 1 aromatic heterocycles. The third-order valence-corrected chi connectivity index (χ3v) is 6.64. The Balaban J connectivity index is 1.65. The molecule has 0 radical (unpaired) electrons. The molecule has 1 fully saturated rings. The van der Waals surface area contributed by atoms with Gasteiger partial charge in [-0.25, -0.2) is 8.42 Å². The van der Waals surface area contributed by atoms with Crippen molar-refractivity contribution < 1.29 is 17.9 Å². The second-order valence-corrected chi connectivity index (χ2v) is 9.08. The number of sulfonamides is 1. The average molecular weight is 453 g/mol. The number of nitrogens with zero attached hydrogens (tertiary/aromatic N) is 2. The Hall–Kier alpha value is -3.59. The highest BCUT2D eigenvalue weighted by atomic mass is 32.2. The molecule has 0 saturated carbocycles. The molecule has 0 atom stereocenters. The molecule has 8 nitrogen and oxygen atoms in total. The summed E-state index contributed by atoms with van der Waals surface area (Å²) in [5, 5.41) is 2.88. The molecule has 2 N–H and O–H groups in total. The van der Waals surface area contributed by atoms with Crippen LogP contribution >= 0.6 is 0 Å². The molecule has 0 bridgehead atoms. The summed E-state index contributed by atoms with van der Waals surface area (Å²) in [7, 11) is -2.32. The summed E-state index contributed by atoms with van der Waals surface area (Å²) < 4.78 is 33.7. The van der Waals surface area contributed by atoms with Gasteiger partial charge in [0.25, 0.3) is 15.9 Å². The van der Waals surface area contributed by atoms with E-state index in [4.69, 9.17) is 4.74 Å². The van der Waals surface area contributed by atoms with Gasteiger partial charge in [-0.05, 0) is 67.4 Å². The highest BCUT2D eigenvalue weighted by Gasteiger charge is 2.22. The van der Waals surface area contributed by atoms with Crippen molar-refractivity contribution >= 4 is 33.0 Å². The van der Waals surface area contributed by atoms with E-state index in [0.717, 1.165) is 31.6 Å². The SMILES string of the molecule is COc1ccc(NS(=O)(=O)c2ccc(N3CCCC3)c(NC(=O)c3ccncc3)c2)cc1. The number of aromatic nitrogens is 1. The molecule has 1 aliphatic heterocycles. The fourth-order valence-electron chi connectivity index (χ4n) is 3.59. The van der Waals surface area contributed by atoms with Gasteiger partial charge in [-0.1, -0.05) is 0 Å². The van der Waals surface area contributed by atoms with Crippen molar-refractivity contribution in [3.8, 4) is 5.75 Å². The van der Waals surface area contributed by atoms with Crippen LogP contribution in [0.25, 0.3) is 0 Å². The molecule has 166 valence electrons. The van der Waals surface area contributed by atoms with Gasteiger partial charge in [0.05, 0.1) is 23.4 Å². The van der Waals surface area contributed by atoms with Crippen LogP contribution in [-0.2, 0) is 10.0 Å². The number of rotatable bonds is 7. The minimum Gasteiger partial charge on any atom is -0.497 e. The fourth-order valence-corrected chi connectivity index (χ4v) is 4.67. The van der Waals surface area contributed by atoms with Crippen molar-refractivity contribution in [2.75, 3.05) is 35.1 Å². The Labute approximate surface area is 187 Å². The highest BCUT2D eigenvalue weighted by Crippen LogP contribution is 2.32. The maximum absolute atomic E-state index is 13.0.